The van der Waals surface area contributed by atoms with Crippen molar-refractivity contribution in [3.8, 4) is 5.75 Å². The van der Waals surface area contributed by atoms with Gasteiger partial charge in [0.2, 0.25) is 0 Å². The van der Waals surface area contributed by atoms with Gasteiger partial charge in [-0.1, -0.05) is 32.6 Å². The van der Waals surface area contributed by atoms with Crippen LogP contribution in [0.2, 0.25) is 0 Å². The Morgan fingerprint density at radius 1 is 1.11 bits per heavy atom. The molecule has 102 valence electrons. The zero-order valence-corrected chi connectivity index (χ0v) is 11.6. The molecule has 0 radical (unpaired) electrons. The van der Waals surface area contributed by atoms with Gasteiger partial charge >= 0.3 is 0 Å². The molecule has 3 heteroatoms. The van der Waals surface area contributed by atoms with E-state index in [1.165, 1.54) is 25.7 Å². The quantitative estimate of drug-likeness (QED) is 0.599. The molecule has 0 atom stereocenters. The molecule has 0 aliphatic rings. The van der Waals surface area contributed by atoms with Crippen LogP contribution in [0.4, 0.5) is 5.69 Å². The topological polar surface area (TPSA) is 48.1 Å². The van der Waals surface area contributed by atoms with Crippen molar-refractivity contribution in [1.82, 2.24) is 4.98 Å². The molecule has 0 bridgehead atoms. The molecule has 1 aromatic carbocycles. The second kappa shape index (κ2) is 6.98. The highest BCUT2D eigenvalue weighted by atomic mass is 16.5. The third-order valence-corrected chi connectivity index (χ3v) is 3.33. The van der Waals surface area contributed by atoms with E-state index in [-0.39, 0.29) is 0 Å². The third-order valence-electron chi connectivity index (χ3n) is 3.33. The number of rotatable bonds is 7. The Balaban J connectivity index is 1.92. The number of hydrogen-bond acceptors (Lipinski definition) is 3. The maximum atomic E-state index is 6.13. The fraction of sp³-hybridized carbons (Fsp3) is 0.438. The van der Waals surface area contributed by atoms with Crippen molar-refractivity contribution in [3.05, 3.63) is 30.6 Å². The molecule has 2 rings (SSSR count). The highest BCUT2D eigenvalue weighted by Gasteiger charge is 2.05. The SMILES string of the molecule is CCCCCCCOc1ccc2cnccc2c1N. The van der Waals surface area contributed by atoms with Gasteiger partial charge in [0.05, 0.1) is 12.3 Å². The van der Waals surface area contributed by atoms with Gasteiger partial charge in [0.15, 0.2) is 0 Å². The van der Waals surface area contributed by atoms with Gasteiger partial charge in [-0.25, -0.2) is 0 Å². The van der Waals surface area contributed by atoms with Gasteiger partial charge in [0.25, 0.3) is 0 Å². The number of benzene rings is 1. The maximum Gasteiger partial charge on any atom is 0.142 e. The second-order valence-electron chi connectivity index (χ2n) is 4.84. The van der Waals surface area contributed by atoms with Crippen LogP contribution in [0, 0.1) is 0 Å². The van der Waals surface area contributed by atoms with Gasteiger partial charge in [-0.15, -0.1) is 0 Å². The molecule has 0 unspecified atom stereocenters. The lowest BCUT2D eigenvalue weighted by Gasteiger charge is -2.10. The summed E-state index contributed by atoms with van der Waals surface area (Å²) in [5.74, 6) is 0.786. The first-order valence-corrected chi connectivity index (χ1v) is 7.08. The Morgan fingerprint density at radius 2 is 1.95 bits per heavy atom. The highest BCUT2D eigenvalue weighted by Crippen LogP contribution is 2.30. The van der Waals surface area contributed by atoms with Crippen LogP contribution >= 0.6 is 0 Å². The lowest BCUT2D eigenvalue weighted by Crippen LogP contribution is -2.01. The van der Waals surface area contributed by atoms with Crippen LogP contribution in [0.15, 0.2) is 30.6 Å². The summed E-state index contributed by atoms with van der Waals surface area (Å²) < 4.78 is 5.78. The molecule has 19 heavy (non-hydrogen) atoms. The van der Waals surface area contributed by atoms with E-state index in [0.29, 0.717) is 5.69 Å². The number of hydrogen-bond donors (Lipinski definition) is 1. The van der Waals surface area contributed by atoms with E-state index >= 15 is 0 Å². The van der Waals surface area contributed by atoms with E-state index < -0.39 is 0 Å². The minimum absolute atomic E-state index is 0.716. The molecule has 2 N–H and O–H groups in total. The Bertz CT molecular complexity index is 525. The van der Waals surface area contributed by atoms with Crippen LogP contribution in [0.1, 0.15) is 39.0 Å². The lowest BCUT2D eigenvalue weighted by molar-refractivity contribution is 0.306. The molecule has 0 saturated heterocycles. The van der Waals surface area contributed by atoms with Gasteiger partial charge in [-0.3, -0.25) is 4.98 Å². The summed E-state index contributed by atoms with van der Waals surface area (Å²) in [5.41, 5.74) is 6.84. The molecule has 0 fully saturated rings. The number of unbranched alkanes of at least 4 members (excludes halogenated alkanes) is 4. The normalized spacial score (nSPS) is 10.8. The van der Waals surface area contributed by atoms with E-state index in [9.17, 15) is 0 Å². The van der Waals surface area contributed by atoms with Gasteiger partial charge in [-0.05, 0) is 24.6 Å². The largest absolute Gasteiger partial charge is 0.491 e. The van der Waals surface area contributed by atoms with Crippen molar-refractivity contribution in [1.29, 1.82) is 0 Å². The number of ether oxygens (including phenoxy) is 1. The second-order valence-corrected chi connectivity index (χ2v) is 4.84. The average Bonchev–Trinajstić information content (AvgIpc) is 2.45. The Hall–Kier alpha value is -1.77. The predicted octanol–water partition coefficient (Wildman–Crippen LogP) is 4.17. The van der Waals surface area contributed by atoms with Crippen LogP contribution in [0.3, 0.4) is 0 Å². The van der Waals surface area contributed by atoms with Gasteiger partial charge in [-0.2, -0.15) is 0 Å². The summed E-state index contributed by atoms with van der Waals surface area (Å²) in [6.45, 7) is 2.96. The summed E-state index contributed by atoms with van der Waals surface area (Å²) in [6, 6.07) is 5.87. The molecule has 3 nitrogen and oxygen atoms in total. The van der Waals surface area contributed by atoms with Crippen molar-refractivity contribution in [3.63, 3.8) is 0 Å². The van der Waals surface area contributed by atoms with E-state index in [0.717, 1.165) is 29.5 Å². The van der Waals surface area contributed by atoms with Crippen molar-refractivity contribution < 1.29 is 4.74 Å². The smallest absolute Gasteiger partial charge is 0.142 e. The Morgan fingerprint density at radius 3 is 2.79 bits per heavy atom. The lowest BCUT2D eigenvalue weighted by atomic mass is 10.1. The van der Waals surface area contributed by atoms with E-state index in [1.54, 1.807) is 6.20 Å². The molecule has 1 heterocycles. The minimum atomic E-state index is 0.716. The average molecular weight is 258 g/mol. The first-order chi connectivity index (χ1) is 9.33. The number of pyridine rings is 1. The van der Waals surface area contributed by atoms with Crippen LogP contribution in [-0.4, -0.2) is 11.6 Å². The summed E-state index contributed by atoms with van der Waals surface area (Å²) in [5, 5.41) is 2.06. The van der Waals surface area contributed by atoms with E-state index in [1.807, 2.05) is 24.4 Å². The molecule has 0 amide bonds. The maximum absolute atomic E-state index is 6.13. The molecule has 0 aliphatic heterocycles. The molecule has 0 spiro atoms. The van der Waals surface area contributed by atoms with Crippen LogP contribution in [0.25, 0.3) is 10.8 Å². The van der Waals surface area contributed by atoms with Crippen molar-refractivity contribution in [2.75, 3.05) is 12.3 Å². The molecule has 0 aliphatic carbocycles. The predicted molar refractivity (Wildman–Crippen MR) is 80.4 cm³/mol. The van der Waals surface area contributed by atoms with Crippen molar-refractivity contribution >= 4 is 16.5 Å². The fourth-order valence-corrected chi connectivity index (χ4v) is 2.19. The Labute approximate surface area is 114 Å². The summed E-state index contributed by atoms with van der Waals surface area (Å²) in [7, 11) is 0. The molecule has 1 aromatic heterocycles. The summed E-state index contributed by atoms with van der Waals surface area (Å²) >= 11 is 0. The van der Waals surface area contributed by atoms with Crippen LogP contribution in [-0.2, 0) is 0 Å². The molecular weight excluding hydrogens is 236 g/mol. The minimum Gasteiger partial charge on any atom is -0.491 e. The Kier molecular flexibility index (Phi) is 5.01. The molecule has 2 aromatic rings. The van der Waals surface area contributed by atoms with E-state index in [4.69, 9.17) is 10.5 Å². The first kappa shape index (κ1) is 13.7. The molecular formula is C16H22N2O. The molecule has 0 saturated carbocycles. The summed E-state index contributed by atoms with van der Waals surface area (Å²) in [6.07, 6.45) is 9.77. The van der Waals surface area contributed by atoms with E-state index in [2.05, 4.69) is 11.9 Å². The highest BCUT2D eigenvalue weighted by molar-refractivity contribution is 5.95. The number of fused-ring (bicyclic) bond motifs is 1. The van der Waals surface area contributed by atoms with Crippen LogP contribution in [0.5, 0.6) is 5.75 Å². The monoisotopic (exact) mass is 258 g/mol. The number of nitrogen functional groups attached to an aromatic ring is 1. The zero-order valence-electron chi connectivity index (χ0n) is 11.6. The number of nitrogens with zero attached hydrogens (tertiary/aromatic N) is 1. The van der Waals surface area contributed by atoms with Gasteiger partial charge in [0, 0.05) is 23.2 Å². The van der Waals surface area contributed by atoms with Crippen LogP contribution < -0.4 is 10.5 Å². The van der Waals surface area contributed by atoms with Gasteiger partial charge < -0.3 is 10.5 Å². The zero-order chi connectivity index (χ0) is 13.5. The number of anilines is 1. The standard InChI is InChI=1S/C16H22N2O/c1-2-3-4-5-6-11-19-15-8-7-13-12-18-10-9-14(13)16(15)17/h7-10,12H,2-6,11,17H2,1H3. The summed E-state index contributed by atoms with van der Waals surface area (Å²) in [4.78, 5) is 4.09. The van der Waals surface area contributed by atoms with Crippen molar-refractivity contribution in [2.45, 2.75) is 39.0 Å². The number of nitrogens with two attached hydrogens (primary N) is 1. The first-order valence-electron chi connectivity index (χ1n) is 7.08. The fourth-order valence-electron chi connectivity index (χ4n) is 2.19. The van der Waals surface area contributed by atoms with Crippen molar-refractivity contribution in [2.24, 2.45) is 0 Å². The number of aromatic nitrogens is 1. The third kappa shape index (κ3) is 3.60. The van der Waals surface area contributed by atoms with Gasteiger partial charge in [0.1, 0.15) is 5.75 Å².